The minimum absolute atomic E-state index is 0.629. The second-order valence-corrected chi connectivity index (χ2v) is 6.85. The summed E-state index contributed by atoms with van der Waals surface area (Å²) in [6, 6.07) is 0. The van der Waals surface area contributed by atoms with Gasteiger partial charge < -0.3 is 10.8 Å². The third kappa shape index (κ3) is 11.1. The van der Waals surface area contributed by atoms with Gasteiger partial charge >= 0.3 is 5.97 Å². The van der Waals surface area contributed by atoms with E-state index < -0.39 is 11.5 Å². The standard InChI is InChI=1S/C19H39NO2/c1-3-5-7-9-11-13-15-17-19(20,18(21)22)16-14-12-10-8-6-4-2/h3-17,20H2,1-2H3,(H,21,22). The molecule has 1 unspecified atom stereocenters. The van der Waals surface area contributed by atoms with Crippen LogP contribution >= 0.6 is 0 Å². The Labute approximate surface area is 138 Å². The molecule has 0 rings (SSSR count). The van der Waals surface area contributed by atoms with E-state index in [4.69, 9.17) is 5.73 Å². The number of carboxylic acid groups (broad SMARTS) is 1. The van der Waals surface area contributed by atoms with E-state index in [9.17, 15) is 9.90 Å². The first-order valence-corrected chi connectivity index (χ1v) is 9.59. The average molecular weight is 314 g/mol. The summed E-state index contributed by atoms with van der Waals surface area (Å²) in [7, 11) is 0. The van der Waals surface area contributed by atoms with Gasteiger partial charge in [0.15, 0.2) is 0 Å². The van der Waals surface area contributed by atoms with Gasteiger partial charge in [-0.1, -0.05) is 97.3 Å². The van der Waals surface area contributed by atoms with Gasteiger partial charge in [0.25, 0.3) is 0 Å². The molecule has 3 heteroatoms. The number of hydrogen-bond donors (Lipinski definition) is 2. The number of nitrogens with two attached hydrogens (primary N) is 1. The quantitative estimate of drug-likeness (QED) is 0.361. The van der Waals surface area contributed by atoms with Crippen LogP contribution in [-0.4, -0.2) is 16.6 Å². The van der Waals surface area contributed by atoms with Gasteiger partial charge in [-0.2, -0.15) is 0 Å². The number of rotatable bonds is 16. The summed E-state index contributed by atoms with van der Waals surface area (Å²) in [6.45, 7) is 4.43. The van der Waals surface area contributed by atoms with Gasteiger partial charge in [-0.15, -0.1) is 0 Å². The minimum Gasteiger partial charge on any atom is -0.480 e. The van der Waals surface area contributed by atoms with Crippen molar-refractivity contribution in [1.29, 1.82) is 0 Å². The summed E-state index contributed by atoms with van der Waals surface area (Å²) in [5.41, 5.74) is 5.15. The third-order valence-electron chi connectivity index (χ3n) is 4.63. The third-order valence-corrected chi connectivity index (χ3v) is 4.63. The molecule has 0 aromatic heterocycles. The van der Waals surface area contributed by atoms with Crippen LogP contribution in [0.25, 0.3) is 0 Å². The molecule has 0 aromatic rings. The zero-order valence-electron chi connectivity index (χ0n) is 15.0. The van der Waals surface area contributed by atoms with Crippen LogP contribution in [0.2, 0.25) is 0 Å². The second-order valence-electron chi connectivity index (χ2n) is 6.85. The maximum Gasteiger partial charge on any atom is 0.323 e. The molecule has 0 spiro atoms. The van der Waals surface area contributed by atoms with Gasteiger partial charge in [0.05, 0.1) is 0 Å². The average Bonchev–Trinajstić information content (AvgIpc) is 2.49. The van der Waals surface area contributed by atoms with Crippen molar-refractivity contribution in [1.82, 2.24) is 0 Å². The Morgan fingerprint density at radius 1 is 0.727 bits per heavy atom. The molecule has 0 aromatic carbocycles. The number of carbonyl (C=O) groups is 1. The first-order chi connectivity index (χ1) is 10.6. The Kier molecular flexibility index (Phi) is 13.7. The van der Waals surface area contributed by atoms with Crippen molar-refractivity contribution >= 4 is 5.97 Å². The molecule has 1 atom stereocenters. The van der Waals surface area contributed by atoms with Crippen LogP contribution in [0.4, 0.5) is 0 Å². The van der Waals surface area contributed by atoms with Crippen LogP contribution < -0.4 is 5.73 Å². The Bertz CT molecular complexity index is 268. The Hall–Kier alpha value is -0.570. The molecule has 0 amide bonds. The van der Waals surface area contributed by atoms with Gasteiger partial charge in [-0.25, -0.2) is 0 Å². The summed E-state index contributed by atoms with van der Waals surface area (Å²) < 4.78 is 0. The summed E-state index contributed by atoms with van der Waals surface area (Å²) >= 11 is 0. The van der Waals surface area contributed by atoms with Crippen LogP contribution in [0.15, 0.2) is 0 Å². The molecule has 0 aliphatic carbocycles. The van der Waals surface area contributed by atoms with Gasteiger partial charge in [-0.3, -0.25) is 4.79 Å². The molecular formula is C19H39NO2. The molecule has 132 valence electrons. The molecule has 0 aliphatic rings. The fourth-order valence-electron chi connectivity index (χ4n) is 2.96. The van der Waals surface area contributed by atoms with Crippen molar-refractivity contribution in [3.63, 3.8) is 0 Å². The normalized spacial score (nSPS) is 14.0. The van der Waals surface area contributed by atoms with Crippen molar-refractivity contribution in [2.75, 3.05) is 0 Å². The highest BCUT2D eigenvalue weighted by Crippen LogP contribution is 2.21. The maximum absolute atomic E-state index is 11.5. The first-order valence-electron chi connectivity index (χ1n) is 9.59. The van der Waals surface area contributed by atoms with Crippen LogP contribution in [-0.2, 0) is 4.79 Å². The highest BCUT2D eigenvalue weighted by atomic mass is 16.4. The lowest BCUT2D eigenvalue weighted by molar-refractivity contribution is -0.144. The van der Waals surface area contributed by atoms with Crippen LogP contribution in [0.3, 0.4) is 0 Å². The molecular weight excluding hydrogens is 274 g/mol. The van der Waals surface area contributed by atoms with E-state index >= 15 is 0 Å². The van der Waals surface area contributed by atoms with E-state index in [0.717, 1.165) is 25.7 Å². The summed E-state index contributed by atoms with van der Waals surface area (Å²) in [5.74, 6) is -0.813. The zero-order valence-corrected chi connectivity index (χ0v) is 15.0. The minimum atomic E-state index is -0.992. The zero-order chi connectivity index (χ0) is 16.7. The van der Waals surface area contributed by atoms with E-state index in [1.54, 1.807) is 0 Å². The molecule has 3 nitrogen and oxygen atoms in total. The molecule has 0 saturated heterocycles. The molecule has 0 radical (unpaired) electrons. The number of unbranched alkanes of at least 4 members (excludes halogenated alkanes) is 11. The monoisotopic (exact) mass is 313 g/mol. The topological polar surface area (TPSA) is 63.3 Å². The smallest absolute Gasteiger partial charge is 0.323 e. The van der Waals surface area contributed by atoms with Crippen LogP contribution in [0.5, 0.6) is 0 Å². The Morgan fingerprint density at radius 3 is 1.36 bits per heavy atom. The lowest BCUT2D eigenvalue weighted by Crippen LogP contribution is -2.47. The van der Waals surface area contributed by atoms with Gasteiger partial charge in [-0.05, 0) is 12.8 Å². The second kappa shape index (κ2) is 14.0. The van der Waals surface area contributed by atoms with Crippen molar-refractivity contribution in [2.24, 2.45) is 5.73 Å². The molecule has 0 fully saturated rings. The van der Waals surface area contributed by atoms with Gasteiger partial charge in [0.1, 0.15) is 5.54 Å². The van der Waals surface area contributed by atoms with Crippen molar-refractivity contribution < 1.29 is 9.90 Å². The summed E-state index contributed by atoms with van der Waals surface area (Å²) in [5, 5.41) is 9.42. The molecule has 22 heavy (non-hydrogen) atoms. The highest BCUT2D eigenvalue weighted by Gasteiger charge is 2.32. The summed E-state index contributed by atoms with van der Waals surface area (Å²) in [4.78, 5) is 11.5. The lowest BCUT2D eigenvalue weighted by atomic mass is 9.87. The van der Waals surface area contributed by atoms with Crippen molar-refractivity contribution in [2.45, 2.75) is 116 Å². The van der Waals surface area contributed by atoms with Gasteiger partial charge in [0.2, 0.25) is 0 Å². The number of carboxylic acids is 1. The fraction of sp³-hybridized carbons (Fsp3) is 0.947. The first kappa shape index (κ1) is 21.4. The molecule has 0 heterocycles. The fourth-order valence-corrected chi connectivity index (χ4v) is 2.96. The molecule has 0 bridgehead atoms. The molecule has 0 aliphatic heterocycles. The lowest BCUT2D eigenvalue weighted by Gasteiger charge is -2.24. The predicted molar refractivity (Wildman–Crippen MR) is 95.2 cm³/mol. The van der Waals surface area contributed by atoms with E-state index in [-0.39, 0.29) is 0 Å². The Morgan fingerprint density at radius 2 is 1.05 bits per heavy atom. The van der Waals surface area contributed by atoms with Crippen LogP contribution in [0, 0.1) is 0 Å². The number of aliphatic carboxylic acids is 1. The van der Waals surface area contributed by atoms with Crippen molar-refractivity contribution in [3.05, 3.63) is 0 Å². The van der Waals surface area contributed by atoms with E-state index in [1.807, 2.05) is 0 Å². The molecule has 3 N–H and O–H groups in total. The number of hydrogen-bond acceptors (Lipinski definition) is 2. The van der Waals surface area contributed by atoms with Crippen LogP contribution in [0.1, 0.15) is 110 Å². The Balaban J connectivity index is 3.79. The highest BCUT2D eigenvalue weighted by molar-refractivity contribution is 5.78. The van der Waals surface area contributed by atoms with E-state index in [0.29, 0.717) is 12.8 Å². The molecule has 0 saturated carbocycles. The largest absolute Gasteiger partial charge is 0.480 e. The predicted octanol–water partition coefficient (Wildman–Crippen LogP) is 5.66. The maximum atomic E-state index is 11.5. The van der Waals surface area contributed by atoms with E-state index in [2.05, 4.69) is 13.8 Å². The van der Waals surface area contributed by atoms with E-state index in [1.165, 1.54) is 57.8 Å². The van der Waals surface area contributed by atoms with Crippen molar-refractivity contribution in [3.8, 4) is 0 Å². The SMILES string of the molecule is CCCCCCCCCC(N)(CCCCCCCC)C(=O)O. The summed E-state index contributed by atoms with van der Waals surface area (Å²) in [6.07, 6.45) is 16.8. The van der Waals surface area contributed by atoms with Gasteiger partial charge in [0, 0.05) is 0 Å².